The molecule has 1 saturated carbocycles. The van der Waals surface area contributed by atoms with Gasteiger partial charge in [0.15, 0.2) is 0 Å². The van der Waals surface area contributed by atoms with Gasteiger partial charge in [0.05, 0.1) is 0 Å². The number of ether oxygens (including phenoxy) is 1. The fraction of sp³-hybridized carbons (Fsp3) is 0.583. The van der Waals surface area contributed by atoms with Gasteiger partial charge in [-0.1, -0.05) is 13.8 Å². The van der Waals surface area contributed by atoms with Crippen LogP contribution in [0, 0.1) is 11.3 Å². The molecule has 174 valence electrons. The van der Waals surface area contributed by atoms with E-state index in [9.17, 15) is 9.59 Å². The standard InChI is InChI=1S/C24H35N5O3/c1-15(2)23(24(31)29-9-5-6-16(29)3)27-14-19(13-25)18-7-8-26-22(10-18)32-21-11-20(12-21)28-17(4)30/h7-8,10,13-16,20-21,23,25,27H,5-6,9,11-12H2,1-4H3,(H,28,30)/b19-14+,25-13?/t16-,20-,21+,23?/m1/s1. The molecule has 1 aliphatic carbocycles. The molecule has 8 heteroatoms. The van der Waals surface area contributed by atoms with Crippen molar-refractivity contribution in [3.8, 4) is 5.88 Å². The number of likely N-dealkylation sites (tertiary alicyclic amines) is 1. The van der Waals surface area contributed by atoms with Gasteiger partial charge in [0.25, 0.3) is 0 Å². The maximum Gasteiger partial charge on any atom is 0.245 e. The molecule has 2 aliphatic rings. The summed E-state index contributed by atoms with van der Waals surface area (Å²) in [4.78, 5) is 30.4. The zero-order valence-corrected chi connectivity index (χ0v) is 19.4. The third-order valence-electron chi connectivity index (χ3n) is 6.20. The smallest absolute Gasteiger partial charge is 0.245 e. The second-order valence-electron chi connectivity index (χ2n) is 9.15. The van der Waals surface area contributed by atoms with Gasteiger partial charge in [-0.05, 0) is 37.3 Å². The summed E-state index contributed by atoms with van der Waals surface area (Å²) in [5.74, 6) is 0.691. The van der Waals surface area contributed by atoms with Gasteiger partial charge in [-0.15, -0.1) is 0 Å². The SMILES string of the molecule is CC(=O)N[C@H]1C[C@@H](Oc2cc(/C(C=N)=C/NC(C(=O)N3CCC[C@H]3C)C(C)C)ccn2)C1. The Labute approximate surface area is 190 Å². The number of nitrogens with one attached hydrogen (secondary N) is 3. The summed E-state index contributed by atoms with van der Waals surface area (Å²) in [7, 11) is 0. The van der Waals surface area contributed by atoms with Crippen LogP contribution < -0.4 is 15.4 Å². The first-order valence-corrected chi connectivity index (χ1v) is 11.5. The van der Waals surface area contributed by atoms with E-state index in [1.54, 1.807) is 18.5 Å². The summed E-state index contributed by atoms with van der Waals surface area (Å²) >= 11 is 0. The van der Waals surface area contributed by atoms with E-state index in [4.69, 9.17) is 10.1 Å². The molecule has 1 aliphatic heterocycles. The van der Waals surface area contributed by atoms with Crippen molar-refractivity contribution in [2.45, 2.75) is 77.6 Å². The van der Waals surface area contributed by atoms with Gasteiger partial charge in [0, 0.05) is 68.6 Å². The lowest BCUT2D eigenvalue weighted by atomic mass is 9.89. The number of amides is 2. The first-order valence-electron chi connectivity index (χ1n) is 11.5. The Bertz CT molecular complexity index is 863. The number of nitrogens with zero attached hydrogens (tertiary/aromatic N) is 2. The second-order valence-corrected chi connectivity index (χ2v) is 9.15. The Morgan fingerprint density at radius 2 is 2.09 bits per heavy atom. The Morgan fingerprint density at radius 3 is 2.69 bits per heavy atom. The molecule has 1 unspecified atom stereocenters. The Kier molecular flexibility index (Phi) is 7.88. The average Bonchev–Trinajstić information content (AvgIpc) is 3.15. The fourth-order valence-electron chi connectivity index (χ4n) is 4.27. The van der Waals surface area contributed by atoms with Crippen LogP contribution >= 0.6 is 0 Å². The van der Waals surface area contributed by atoms with E-state index < -0.39 is 0 Å². The minimum absolute atomic E-state index is 0.0190. The van der Waals surface area contributed by atoms with Gasteiger partial charge < -0.3 is 25.7 Å². The van der Waals surface area contributed by atoms with Crippen molar-refractivity contribution >= 4 is 23.6 Å². The lowest BCUT2D eigenvalue weighted by Crippen LogP contribution is -2.48. The van der Waals surface area contributed by atoms with Gasteiger partial charge in [-0.25, -0.2) is 4.98 Å². The summed E-state index contributed by atoms with van der Waals surface area (Å²) in [5.41, 5.74) is 1.44. The topological polar surface area (TPSA) is 107 Å². The van der Waals surface area contributed by atoms with E-state index >= 15 is 0 Å². The number of allylic oxidation sites excluding steroid dienone is 1. The second kappa shape index (κ2) is 10.6. The van der Waals surface area contributed by atoms with Gasteiger partial charge in [0.2, 0.25) is 17.7 Å². The summed E-state index contributed by atoms with van der Waals surface area (Å²) < 4.78 is 5.93. The molecule has 1 aromatic rings. The van der Waals surface area contributed by atoms with Crippen LogP contribution in [0.25, 0.3) is 5.57 Å². The summed E-state index contributed by atoms with van der Waals surface area (Å²) in [6.07, 6.45) is 8.29. The third kappa shape index (κ3) is 5.87. The van der Waals surface area contributed by atoms with Crippen molar-refractivity contribution in [1.82, 2.24) is 20.5 Å². The number of hydrogen-bond donors (Lipinski definition) is 3. The maximum atomic E-state index is 13.1. The minimum Gasteiger partial charge on any atom is -0.474 e. The van der Waals surface area contributed by atoms with Crippen molar-refractivity contribution < 1.29 is 14.3 Å². The quantitative estimate of drug-likeness (QED) is 0.511. The van der Waals surface area contributed by atoms with E-state index in [1.165, 1.54) is 13.1 Å². The molecule has 3 rings (SSSR count). The number of aromatic nitrogens is 1. The lowest BCUT2D eigenvalue weighted by Gasteiger charge is -2.35. The highest BCUT2D eigenvalue weighted by Gasteiger charge is 2.33. The molecule has 2 heterocycles. The van der Waals surface area contributed by atoms with E-state index in [-0.39, 0.29) is 42.0 Å². The highest BCUT2D eigenvalue weighted by Crippen LogP contribution is 2.26. The number of rotatable bonds is 9. The zero-order chi connectivity index (χ0) is 23.3. The third-order valence-corrected chi connectivity index (χ3v) is 6.20. The Hall–Kier alpha value is -2.90. The summed E-state index contributed by atoms with van der Waals surface area (Å²) in [6.45, 7) is 8.47. The van der Waals surface area contributed by atoms with E-state index in [0.717, 1.165) is 37.8 Å². The van der Waals surface area contributed by atoms with Crippen LogP contribution in [-0.2, 0) is 9.59 Å². The number of carbonyl (C=O) groups excluding carboxylic acids is 2. The molecule has 0 bridgehead atoms. The van der Waals surface area contributed by atoms with Crippen LogP contribution in [-0.4, -0.2) is 58.7 Å². The minimum atomic E-state index is -0.344. The molecule has 8 nitrogen and oxygen atoms in total. The first kappa shape index (κ1) is 23.8. The highest BCUT2D eigenvalue weighted by molar-refractivity contribution is 6.08. The van der Waals surface area contributed by atoms with Gasteiger partial charge >= 0.3 is 0 Å². The van der Waals surface area contributed by atoms with Crippen LogP contribution in [0.3, 0.4) is 0 Å². The predicted octanol–water partition coefficient (Wildman–Crippen LogP) is 2.74. The average molecular weight is 442 g/mol. The molecular formula is C24H35N5O3. The van der Waals surface area contributed by atoms with E-state index in [2.05, 4.69) is 22.5 Å². The van der Waals surface area contributed by atoms with Crippen molar-refractivity contribution in [2.24, 2.45) is 5.92 Å². The van der Waals surface area contributed by atoms with Gasteiger partial charge in [-0.3, -0.25) is 9.59 Å². The number of hydrogen-bond acceptors (Lipinski definition) is 6. The van der Waals surface area contributed by atoms with Crippen LogP contribution in [0.15, 0.2) is 24.5 Å². The van der Waals surface area contributed by atoms with Crippen LogP contribution in [0.4, 0.5) is 0 Å². The molecule has 2 fully saturated rings. The van der Waals surface area contributed by atoms with E-state index in [0.29, 0.717) is 11.5 Å². The number of pyridine rings is 1. The van der Waals surface area contributed by atoms with Crippen LogP contribution in [0.5, 0.6) is 5.88 Å². The molecule has 0 aromatic carbocycles. The van der Waals surface area contributed by atoms with Gasteiger partial charge in [0.1, 0.15) is 12.1 Å². The molecule has 2 amide bonds. The molecule has 32 heavy (non-hydrogen) atoms. The van der Waals surface area contributed by atoms with Gasteiger partial charge in [-0.2, -0.15) is 0 Å². The number of carbonyl (C=O) groups is 2. The molecule has 1 aromatic heterocycles. The maximum absolute atomic E-state index is 13.1. The van der Waals surface area contributed by atoms with Crippen molar-refractivity contribution in [3.05, 3.63) is 30.1 Å². The summed E-state index contributed by atoms with van der Waals surface area (Å²) in [5, 5.41) is 14.0. The molecule has 2 atom stereocenters. The van der Waals surface area contributed by atoms with Crippen molar-refractivity contribution in [3.63, 3.8) is 0 Å². The lowest BCUT2D eigenvalue weighted by molar-refractivity contribution is -0.134. The normalized spacial score (nSPS) is 24.0. The highest BCUT2D eigenvalue weighted by atomic mass is 16.5. The molecule has 1 saturated heterocycles. The van der Waals surface area contributed by atoms with Crippen molar-refractivity contribution in [2.75, 3.05) is 6.54 Å². The zero-order valence-electron chi connectivity index (χ0n) is 19.4. The molecule has 0 spiro atoms. The predicted molar refractivity (Wildman–Crippen MR) is 124 cm³/mol. The fourth-order valence-corrected chi connectivity index (χ4v) is 4.27. The largest absolute Gasteiger partial charge is 0.474 e. The Morgan fingerprint density at radius 1 is 1.34 bits per heavy atom. The van der Waals surface area contributed by atoms with Crippen LogP contribution in [0.2, 0.25) is 0 Å². The summed E-state index contributed by atoms with van der Waals surface area (Å²) in [6, 6.07) is 3.71. The Balaban J connectivity index is 1.65. The van der Waals surface area contributed by atoms with Crippen molar-refractivity contribution in [1.29, 1.82) is 5.41 Å². The molecular weight excluding hydrogens is 406 g/mol. The first-order chi connectivity index (χ1) is 15.3. The molecule has 3 N–H and O–H groups in total. The van der Waals surface area contributed by atoms with E-state index in [1.807, 2.05) is 24.8 Å². The molecule has 0 radical (unpaired) electrons. The monoisotopic (exact) mass is 441 g/mol. The van der Waals surface area contributed by atoms with Crippen LogP contribution in [0.1, 0.15) is 58.9 Å².